The second-order valence-corrected chi connectivity index (χ2v) is 6.31. The zero-order valence-corrected chi connectivity index (χ0v) is 13.9. The number of nitrogens with two attached hydrogens (primary N) is 1. The Morgan fingerprint density at radius 1 is 1.35 bits per heavy atom. The third kappa shape index (κ3) is 3.42. The number of hydrogen-bond acceptors (Lipinski definition) is 3. The number of amides is 1. The molecule has 23 heavy (non-hydrogen) atoms. The van der Waals surface area contributed by atoms with E-state index in [1.165, 1.54) is 0 Å². The van der Waals surface area contributed by atoms with Crippen molar-refractivity contribution in [2.24, 2.45) is 0 Å². The first kappa shape index (κ1) is 15.7. The van der Waals surface area contributed by atoms with E-state index in [0.29, 0.717) is 17.3 Å². The quantitative estimate of drug-likeness (QED) is 0.845. The predicted octanol–water partition coefficient (Wildman–Crippen LogP) is 3.62. The maximum absolute atomic E-state index is 12.4. The van der Waals surface area contributed by atoms with Gasteiger partial charge in [0.15, 0.2) is 0 Å². The van der Waals surface area contributed by atoms with E-state index >= 15 is 0 Å². The molecule has 2 aromatic carbocycles. The van der Waals surface area contributed by atoms with E-state index in [4.69, 9.17) is 17.3 Å². The third-order valence-corrected chi connectivity index (χ3v) is 4.43. The van der Waals surface area contributed by atoms with Gasteiger partial charge in [0.2, 0.25) is 5.91 Å². The maximum Gasteiger partial charge on any atom is 0.243 e. The number of carbonyl (C=O) groups is 1. The second kappa shape index (κ2) is 6.50. The molecule has 1 aliphatic heterocycles. The Hall–Kier alpha value is -2.20. The molecule has 0 saturated carbocycles. The summed E-state index contributed by atoms with van der Waals surface area (Å²) in [5.41, 5.74) is 10.8. The van der Waals surface area contributed by atoms with Crippen LogP contribution in [-0.4, -0.2) is 19.0 Å². The summed E-state index contributed by atoms with van der Waals surface area (Å²) in [4.78, 5) is 14.4. The first-order valence-electron chi connectivity index (χ1n) is 7.73. The second-order valence-electron chi connectivity index (χ2n) is 5.90. The van der Waals surface area contributed by atoms with Gasteiger partial charge in [-0.2, -0.15) is 0 Å². The summed E-state index contributed by atoms with van der Waals surface area (Å²) >= 11 is 6.17. The van der Waals surface area contributed by atoms with Crippen molar-refractivity contribution in [1.82, 2.24) is 0 Å². The number of nitrogen functional groups attached to an aromatic ring is 1. The molecule has 0 atom stereocenters. The standard InChI is InChI=1S/C18H20ClN3O/c1-12-7-8-16(14(19)10-12)21-18(23)11-22-9-3-4-13-15(20)5-2-6-17(13)22/h2,5-8,10H,3-4,9,11,20H2,1H3,(H,21,23). The number of hydrogen-bond donors (Lipinski definition) is 2. The molecular weight excluding hydrogens is 310 g/mol. The number of nitrogens with zero attached hydrogens (tertiary/aromatic N) is 1. The van der Waals surface area contributed by atoms with Crippen LogP contribution in [0.25, 0.3) is 0 Å². The lowest BCUT2D eigenvalue weighted by Gasteiger charge is -2.31. The van der Waals surface area contributed by atoms with Gasteiger partial charge in [0, 0.05) is 17.9 Å². The van der Waals surface area contributed by atoms with E-state index < -0.39 is 0 Å². The largest absolute Gasteiger partial charge is 0.398 e. The Balaban J connectivity index is 1.73. The predicted molar refractivity (Wildman–Crippen MR) is 96.2 cm³/mol. The first-order chi connectivity index (χ1) is 11.0. The average Bonchev–Trinajstić information content (AvgIpc) is 2.51. The van der Waals surface area contributed by atoms with Crippen LogP contribution >= 0.6 is 11.6 Å². The first-order valence-corrected chi connectivity index (χ1v) is 8.10. The lowest BCUT2D eigenvalue weighted by Crippen LogP contribution is -2.37. The smallest absolute Gasteiger partial charge is 0.243 e. The van der Waals surface area contributed by atoms with Crippen LogP contribution in [0.15, 0.2) is 36.4 Å². The molecule has 0 fully saturated rings. The van der Waals surface area contributed by atoms with Crippen LogP contribution in [0, 0.1) is 6.92 Å². The van der Waals surface area contributed by atoms with Gasteiger partial charge in [-0.25, -0.2) is 0 Å². The van der Waals surface area contributed by atoms with Crippen LogP contribution in [0.2, 0.25) is 5.02 Å². The molecule has 3 N–H and O–H groups in total. The Morgan fingerprint density at radius 3 is 2.96 bits per heavy atom. The highest BCUT2D eigenvalue weighted by Gasteiger charge is 2.20. The molecular formula is C18H20ClN3O. The third-order valence-electron chi connectivity index (χ3n) is 4.12. The van der Waals surface area contributed by atoms with Crippen LogP contribution in [-0.2, 0) is 11.2 Å². The van der Waals surface area contributed by atoms with Gasteiger partial charge >= 0.3 is 0 Å². The summed E-state index contributed by atoms with van der Waals surface area (Å²) in [7, 11) is 0. The Labute approximate surface area is 141 Å². The van der Waals surface area contributed by atoms with Crippen LogP contribution < -0.4 is 16.0 Å². The van der Waals surface area contributed by atoms with E-state index in [2.05, 4.69) is 10.2 Å². The number of aryl methyl sites for hydroxylation is 1. The van der Waals surface area contributed by atoms with E-state index in [1.54, 1.807) is 0 Å². The van der Waals surface area contributed by atoms with Crippen LogP contribution in [0.3, 0.4) is 0 Å². The van der Waals surface area contributed by atoms with E-state index in [-0.39, 0.29) is 5.91 Å². The number of carbonyl (C=O) groups excluding carboxylic acids is 1. The normalized spacial score (nSPS) is 13.6. The molecule has 120 valence electrons. The number of anilines is 3. The summed E-state index contributed by atoms with van der Waals surface area (Å²) in [6.07, 6.45) is 1.96. The minimum absolute atomic E-state index is 0.0778. The van der Waals surface area contributed by atoms with Crippen molar-refractivity contribution in [3.63, 3.8) is 0 Å². The minimum Gasteiger partial charge on any atom is -0.398 e. The molecule has 0 unspecified atom stereocenters. The summed E-state index contributed by atoms with van der Waals surface area (Å²) in [6, 6.07) is 11.5. The minimum atomic E-state index is -0.0778. The van der Waals surface area contributed by atoms with Crippen molar-refractivity contribution < 1.29 is 4.79 Å². The number of fused-ring (bicyclic) bond motifs is 1. The zero-order chi connectivity index (χ0) is 16.4. The number of rotatable bonds is 3. The van der Waals surface area contributed by atoms with Crippen molar-refractivity contribution in [3.8, 4) is 0 Å². The van der Waals surface area contributed by atoms with Crippen molar-refractivity contribution in [3.05, 3.63) is 52.5 Å². The number of halogens is 1. The molecule has 2 aromatic rings. The number of nitrogens with one attached hydrogen (secondary N) is 1. The molecule has 0 aromatic heterocycles. The molecule has 0 radical (unpaired) electrons. The molecule has 1 amide bonds. The van der Waals surface area contributed by atoms with Crippen molar-refractivity contribution >= 4 is 34.6 Å². The molecule has 0 saturated heterocycles. The van der Waals surface area contributed by atoms with Gasteiger partial charge < -0.3 is 16.0 Å². The topological polar surface area (TPSA) is 58.4 Å². The highest BCUT2D eigenvalue weighted by atomic mass is 35.5. The fraction of sp³-hybridized carbons (Fsp3) is 0.278. The highest BCUT2D eigenvalue weighted by molar-refractivity contribution is 6.33. The maximum atomic E-state index is 12.4. The van der Waals surface area contributed by atoms with Gasteiger partial charge in [0.05, 0.1) is 17.3 Å². The van der Waals surface area contributed by atoms with Crippen LogP contribution in [0.5, 0.6) is 0 Å². The van der Waals surface area contributed by atoms with E-state index in [0.717, 1.165) is 41.9 Å². The lowest BCUT2D eigenvalue weighted by molar-refractivity contribution is -0.115. The summed E-state index contributed by atoms with van der Waals surface area (Å²) in [6.45, 7) is 3.11. The average molecular weight is 330 g/mol. The van der Waals surface area contributed by atoms with Gasteiger partial charge in [-0.15, -0.1) is 0 Å². The molecule has 4 nitrogen and oxygen atoms in total. The molecule has 0 bridgehead atoms. The Bertz CT molecular complexity index is 745. The molecule has 5 heteroatoms. The van der Waals surface area contributed by atoms with Gasteiger partial charge in [0.25, 0.3) is 0 Å². The molecule has 0 spiro atoms. The number of benzene rings is 2. The fourth-order valence-electron chi connectivity index (χ4n) is 2.98. The van der Waals surface area contributed by atoms with Crippen molar-refractivity contribution in [2.75, 3.05) is 29.0 Å². The Kier molecular flexibility index (Phi) is 4.44. The van der Waals surface area contributed by atoms with Crippen LogP contribution in [0.4, 0.5) is 17.1 Å². The molecule has 0 aliphatic carbocycles. The SMILES string of the molecule is Cc1ccc(NC(=O)CN2CCCc3c(N)cccc32)c(Cl)c1. The van der Waals surface area contributed by atoms with Crippen molar-refractivity contribution in [1.29, 1.82) is 0 Å². The van der Waals surface area contributed by atoms with Gasteiger partial charge in [-0.3, -0.25) is 4.79 Å². The molecule has 1 aliphatic rings. The fourth-order valence-corrected chi connectivity index (χ4v) is 3.26. The summed E-state index contributed by atoms with van der Waals surface area (Å²) < 4.78 is 0. The van der Waals surface area contributed by atoms with Gasteiger partial charge in [-0.05, 0) is 55.2 Å². The Morgan fingerprint density at radius 2 is 2.17 bits per heavy atom. The highest BCUT2D eigenvalue weighted by Crippen LogP contribution is 2.31. The molecule has 1 heterocycles. The van der Waals surface area contributed by atoms with Gasteiger partial charge in [0.1, 0.15) is 0 Å². The van der Waals surface area contributed by atoms with Crippen LogP contribution in [0.1, 0.15) is 17.5 Å². The monoisotopic (exact) mass is 329 g/mol. The van der Waals surface area contributed by atoms with Gasteiger partial charge in [-0.1, -0.05) is 23.7 Å². The van der Waals surface area contributed by atoms with Crippen molar-refractivity contribution in [2.45, 2.75) is 19.8 Å². The zero-order valence-electron chi connectivity index (χ0n) is 13.1. The summed E-state index contributed by atoms with van der Waals surface area (Å²) in [5, 5.41) is 3.44. The summed E-state index contributed by atoms with van der Waals surface area (Å²) in [5.74, 6) is -0.0778. The molecule has 3 rings (SSSR count). The lowest BCUT2D eigenvalue weighted by atomic mass is 10.00. The van der Waals surface area contributed by atoms with E-state index in [1.807, 2.05) is 43.3 Å². The van der Waals surface area contributed by atoms with E-state index in [9.17, 15) is 4.79 Å².